The van der Waals surface area contributed by atoms with Gasteiger partial charge in [0.25, 0.3) is 0 Å². The molecule has 0 aliphatic heterocycles. The lowest BCUT2D eigenvalue weighted by Gasteiger charge is -2.17. The van der Waals surface area contributed by atoms with E-state index in [1.54, 1.807) is 13.8 Å². The van der Waals surface area contributed by atoms with Crippen molar-refractivity contribution >= 4 is 22.5 Å². The summed E-state index contributed by atoms with van der Waals surface area (Å²) < 4.78 is 22.7. The molecule has 0 radical (unpaired) electrons. The van der Waals surface area contributed by atoms with Crippen molar-refractivity contribution in [1.82, 2.24) is 0 Å². The highest BCUT2D eigenvalue weighted by Gasteiger charge is 2.24. The van der Waals surface area contributed by atoms with E-state index in [4.69, 9.17) is 0 Å². The van der Waals surface area contributed by atoms with Gasteiger partial charge in [-0.2, -0.15) is 12.6 Å². The molecule has 0 aliphatic rings. The van der Waals surface area contributed by atoms with Crippen LogP contribution in [0.25, 0.3) is 0 Å². The summed E-state index contributed by atoms with van der Waals surface area (Å²) in [5, 5.41) is -0.328. The van der Waals surface area contributed by atoms with Gasteiger partial charge >= 0.3 is 0 Å². The molecule has 0 aliphatic carbocycles. The fourth-order valence-electron chi connectivity index (χ4n) is 1.03. The largest absolute Gasteiger partial charge is 0.229 e. The van der Waals surface area contributed by atoms with Gasteiger partial charge in [-0.25, -0.2) is 8.42 Å². The molecule has 0 fully saturated rings. The maximum absolute atomic E-state index is 11.4. The summed E-state index contributed by atoms with van der Waals surface area (Å²) in [5.41, 5.74) is 0. The van der Waals surface area contributed by atoms with Gasteiger partial charge in [0, 0.05) is 11.0 Å². The first kappa shape index (κ1) is 12.3. The normalized spacial score (nSPS) is 17.3. The van der Waals surface area contributed by atoms with E-state index in [-0.39, 0.29) is 16.3 Å². The van der Waals surface area contributed by atoms with Gasteiger partial charge in [0.15, 0.2) is 9.84 Å². The average Bonchev–Trinajstić information content (AvgIpc) is 2.03. The molecule has 0 spiro atoms. The fraction of sp³-hybridized carbons (Fsp3) is 1.00. The lowest BCUT2D eigenvalue weighted by Crippen LogP contribution is -2.28. The summed E-state index contributed by atoms with van der Waals surface area (Å²) in [4.78, 5) is 0. The van der Waals surface area contributed by atoms with Crippen LogP contribution in [0.5, 0.6) is 0 Å². The molecule has 2 atom stereocenters. The van der Waals surface area contributed by atoms with Crippen LogP contribution in [0, 0.1) is 0 Å². The van der Waals surface area contributed by atoms with Gasteiger partial charge in [-0.05, 0) is 13.3 Å². The molecule has 0 aromatic carbocycles. The van der Waals surface area contributed by atoms with Gasteiger partial charge in [0.05, 0.1) is 5.25 Å². The van der Waals surface area contributed by atoms with Crippen LogP contribution < -0.4 is 0 Å². The zero-order valence-electron chi connectivity index (χ0n) is 7.95. The van der Waals surface area contributed by atoms with Crippen molar-refractivity contribution in [2.24, 2.45) is 0 Å². The van der Waals surface area contributed by atoms with Crippen molar-refractivity contribution in [3.05, 3.63) is 0 Å². The van der Waals surface area contributed by atoms with Crippen molar-refractivity contribution in [1.29, 1.82) is 0 Å². The Labute approximate surface area is 81.1 Å². The maximum atomic E-state index is 11.4. The van der Waals surface area contributed by atoms with Gasteiger partial charge in [-0.15, -0.1) is 0 Å². The topological polar surface area (TPSA) is 34.1 Å². The smallest absolute Gasteiger partial charge is 0.153 e. The molecule has 0 saturated carbocycles. The third-order valence-corrected chi connectivity index (χ3v) is 5.27. The quantitative estimate of drug-likeness (QED) is 0.703. The van der Waals surface area contributed by atoms with Crippen LogP contribution in [0.2, 0.25) is 0 Å². The van der Waals surface area contributed by atoms with Gasteiger partial charge in [0.1, 0.15) is 0 Å². The summed E-state index contributed by atoms with van der Waals surface area (Å²) in [6, 6.07) is 0. The maximum Gasteiger partial charge on any atom is 0.153 e. The lowest BCUT2D eigenvalue weighted by molar-refractivity contribution is 0.576. The van der Waals surface area contributed by atoms with E-state index in [9.17, 15) is 8.42 Å². The zero-order chi connectivity index (χ0) is 9.78. The van der Waals surface area contributed by atoms with Crippen LogP contribution in [0.4, 0.5) is 0 Å². The standard InChI is InChI=1S/C8H18O2S2/c1-4-6-8(11)7(3)12(9,10)5-2/h7-8,11H,4-6H2,1-3H3. The summed E-state index contributed by atoms with van der Waals surface area (Å²) in [6.45, 7) is 5.46. The average molecular weight is 210 g/mol. The van der Waals surface area contributed by atoms with Crippen LogP contribution in [0.1, 0.15) is 33.6 Å². The van der Waals surface area contributed by atoms with Crippen molar-refractivity contribution in [3.63, 3.8) is 0 Å². The number of hydrogen-bond donors (Lipinski definition) is 1. The third-order valence-electron chi connectivity index (χ3n) is 2.10. The molecular weight excluding hydrogens is 192 g/mol. The highest BCUT2D eigenvalue weighted by atomic mass is 32.2. The highest BCUT2D eigenvalue weighted by Crippen LogP contribution is 2.16. The first-order valence-corrected chi connectivity index (χ1v) is 6.58. The third kappa shape index (κ3) is 3.35. The molecule has 0 bridgehead atoms. The van der Waals surface area contributed by atoms with Crippen molar-refractivity contribution < 1.29 is 8.42 Å². The van der Waals surface area contributed by atoms with Crippen LogP contribution in [0.3, 0.4) is 0 Å². The summed E-state index contributed by atoms with van der Waals surface area (Å²) >= 11 is 4.27. The van der Waals surface area contributed by atoms with E-state index in [1.807, 2.05) is 6.92 Å². The Hall–Kier alpha value is 0.300. The minimum Gasteiger partial charge on any atom is -0.229 e. The second-order valence-corrected chi connectivity index (χ2v) is 6.32. The molecule has 0 amide bonds. The summed E-state index contributed by atoms with van der Waals surface area (Å²) in [5.74, 6) is 0.217. The second kappa shape index (κ2) is 5.12. The second-order valence-electron chi connectivity index (χ2n) is 3.01. The van der Waals surface area contributed by atoms with E-state index in [1.165, 1.54) is 0 Å². The van der Waals surface area contributed by atoms with Gasteiger partial charge in [-0.3, -0.25) is 0 Å². The molecular formula is C8H18O2S2. The minimum atomic E-state index is -2.90. The van der Waals surface area contributed by atoms with Crippen LogP contribution in [-0.2, 0) is 9.84 Å². The van der Waals surface area contributed by atoms with E-state index in [2.05, 4.69) is 12.6 Å². The first-order valence-electron chi connectivity index (χ1n) is 4.35. The van der Waals surface area contributed by atoms with Gasteiger partial charge < -0.3 is 0 Å². The SMILES string of the molecule is CCCC(S)C(C)S(=O)(=O)CC. The Morgan fingerprint density at radius 3 is 2.17 bits per heavy atom. The van der Waals surface area contributed by atoms with E-state index >= 15 is 0 Å². The van der Waals surface area contributed by atoms with Crippen molar-refractivity contribution in [2.45, 2.75) is 44.1 Å². The molecule has 0 saturated heterocycles. The molecule has 12 heavy (non-hydrogen) atoms. The Bertz CT molecular complexity index is 209. The van der Waals surface area contributed by atoms with E-state index in [0.29, 0.717) is 0 Å². The van der Waals surface area contributed by atoms with Gasteiger partial charge in [0.2, 0.25) is 0 Å². The number of sulfone groups is 1. The highest BCUT2D eigenvalue weighted by molar-refractivity contribution is 7.93. The fourth-order valence-corrected chi connectivity index (χ4v) is 2.99. The Morgan fingerprint density at radius 1 is 1.33 bits per heavy atom. The number of hydrogen-bond acceptors (Lipinski definition) is 3. The molecule has 2 unspecified atom stereocenters. The van der Waals surface area contributed by atoms with E-state index < -0.39 is 9.84 Å². The molecule has 0 aromatic rings. The summed E-state index contributed by atoms with van der Waals surface area (Å²) in [6.07, 6.45) is 1.85. The Morgan fingerprint density at radius 2 is 1.83 bits per heavy atom. The molecule has 0 N–H and O–H groups in total. The summed E-state index contributed by atoms with van der Waals surface area (Å²) in [7, 11) is -2.90. The predicted molar refractivity (Wildman–Crippen MR) is 56.6 cm³/mol. The Balaban J connectivity index is 4.28. The van der Waals surface area contributed by atoms with Crippen LogP contribution in [0.15, 0.2) is 0 Å². The monoisotopic (exact) mass is 210 g/mol. The van der Waals surface area contributed by atoms with E-state index in [0.717, 1.165) is 12.8 Å². The lowest BCUT2D eigenvalue weighted by atomic mass is 10.2. The van der Waals surface area contributed by atoms with Crippen LogP contribution >= 0.6 is 12.6 Å². The molecule has 0 heterocycles. The predicted octanol–water partition coefficient (Wildman–Crippen LogP) is 1.91. The zero-order valence-corrected chi connectivity index (χ0v) is 9.66. The molecule has 4 heteroatoms. The molecule has 0 rings (SSSR count). The molecule has 74 valence electrons. The minimum absolute atomic E-state index is 0.0139. The first-order chi connectivity index (χ1) is 5.45. The number of rotatable bonds is 5. The number of thiol groups is 1. The molecule has 0 aromatic heterocycles. The van der Waals surface area contributed by atoms with Crippen LogP contribution in [-0.4, -0.2) is 24.7 Å². The Kier molecular flexibility index (Phi) is 5.25. The van der Waals surface area contributed by atoms with Gasteiger partial charge in [-0.1, -0.05) is 20.3 Å². The van der Waals surface area contributed by atoms with Crippen molar-refractivity contribution in [2.75, 3.05) is 5.75 Å². The molecule has 2 nitrogen and oxygen atoms in total. The van der Waals surface area contributed by atoms with Crippen molar-refractivity contribution in [3.8, 4) is 0 Å².